The van der Waals surface area contributed by atoms with E-state index in [9.17, 15) is 22.8 Å². The molecule has 1 saturated carbocycles. The van der Waals surface area contributed by atoms with Gasteiger partial charge in [-0.3, -0.25) is 14.7 Å². The van der Waals surface area contributed by atoms with Gasteiger partial charge in [0.05, 0.1) is 29.9 Å². The van der Waals surface area contributed by atoms with Gasteiger partial charge in [-0.05, 0) is 51.0 Å². The van der Waals surface area contributed by atoms with E-state index in [0.29, 0.717) is 17.7 Å². The zero-order chi connectivity index (χ0) is 26.6. The molecule has 0 aromatic rings. The minimum absolute atomic E-state index is 0.0330. The molecule has 2 atom stereocenters. The van der Waals surface area contributed by atoms with Crippen LogP contribution in [-0.2, 0) is 4.79 Å². The van der Waals surface area contributed by atoms with Crippen LogP contribution in [0.1, 0.15) is 39.0 Å². The minimum Gasteiger partial charge on any atom is -0.349 e. The van der Waals surface area contributed by atoms with Crippen LogP contribution in [0, 0.1) is 17.8 Å². The Morgan fingerprint density at radius 2 is 2.00 bits per heavy atom. The van der Waals surface area contributed by atoms with Crippen LogP contribution in [0.15, 0.2) is 39.3 Å². The molecule has 2 unspecified atom stereocenters. The Kier molecular flexibility index (Phi) is 8.39. The summed E-state index contributed by atoms with van der Waals surface area (Å²) in [5.74, 6) is -1.97. The summed E-state index contributed by atoms with van der Waals surface area (Å²) < 4.78 is 39.5. The van der Waals surface area contributed by atoms with Crippen molar-refractivity contribution >= 4 is 24.1 Å². The quantitative estimate of drug-likeness (QED) is 0.403. The van der Waals surface area contributed by atoms with Gasteiger partial charge in [0, 0.05) is 31.9 Å². The Balaban J connectivity index is 1.20. The maximum atomic E-state index is 13.2. The van der Waals surface area contributed by atoms with E-state index in [1.54, 1.807) is 7.05 Å². The fourth-order valence-corrected chi connectivity index (χ4v) is 5.43. The molecular weight excluding hydrogens is 487 g/mol. The van der Waals surface area contributed by atoms with E-state index in [1.807, 2.05) is 13.0 Å². The van der Waals surface area contributed by atoms with E-state index >= 15 is 0 Å². The zero-order valence-electron chi connectivity index (χ0n) is 21.1. The predicted octanol–water partition coefficient (Wildman–Crippen LogP) is 2.45. The van der Waals surface area contributed by atoms with Crippen molar-refractivity contribution in [3.8, 4) is 0 Å². The number of carbonyl (C=O) groups is 2. The van der Waals surface area contributed by atoms with Crippen molar-refractivity contribution in [3.05, 3.63) is 29.3 Å². The standard InChI is InChI=1S/C25H34F3N7O2/c1-3-20(34-24(37)29-2)15-4-7-18(8-5-15)35-12-17(13-35)33-22(36)11-30-23-19-10-16(25(26,27)28)6-9-21(19)31-14-32-23/h3,6,14-19H,4-5,7-8,10-13H2,1-2H3,(H,33,36)(H2,29,34,37)(H,30,31,32)/b20-3-. The lowest BCUT2D eigenvalue weighted by Crippen LogP contribution is -2.62. The van der Waals surface area contributed by atoms with E-state index in [2.05, 4.69) is 41.9 Å². The van der Waals surface area contributed by atoms with Crippen LogP contribution in [0.5, 0.6) is 0 Å². The molecule has 0 spiro atoms. The van der Waals surface area contributed by atoms with E-state index in [4.69, 9.17) is 0 Å². The molecule has 2 aliphatic carbocycles. The number of halogens is 3. The number of nitrogens with zero attached hydrogens (tertiary/aromatic N) is 3. The summed E-state index contributed by atoms with van der Waals surface area (Å²) in [5.41, 5.74) is 4.12. The molecule has 2 aliphatic heterocycles. The summed E-state index contributed by atoms with van der Waals surface area (Å²) in [6.07, 6.45) is 3.85. The van der Waals surface area contributed by atoms with Gasteiger partial charge in [-0.1, -0.05) is 6.08 Å². The van der Waals surface area contributed by atoms with Crippen molar-refractivity contribution in [1.29, 1.82) is 0 Å². The molecule has 12 heteroatoms. The molecule has 0 aromatic heterocycles. The fourth-order valence-electron chi connectivity index (χ4n) is 5.43. The Bertz CT molecular complexity index is 1030. The highest BCUT2D eigenvalue weighted by atomic mass is 19.4. The largest absolute Gasteiger partial charge is 0.395 e. The van der Waals surface area contributed by atoms with Crippen LogP contribution < -0.4 is 21.3 Å². The molecule has 37 heavy (non-hydrogen) atoms. The highest BCUT2D eigenvalue weighted by molar-refractivity contribution is 5.97. The van der Waals surface area contributed by atoms with Crippen LogP contribution in [0.3, 0.4) is 0 Å². The number of amidine groups is 1. The maximum Gasteiger partial charge on any atom is 0.395 e. The van der Waals surface area contributed by atoms with Crippen LogP contribution in [0.2, 0.25) is 0 Å². The molecule has 9 nitrogen and oxygen atoms in total. The van der Waals surface area contributed by atoms with Crippen molar-refractivity contribution in [3.63, 3.8) is 0 Å². The number of urea groups is 1. The summed E-state index contributed by atoms with van der Waals surface area (Å²) in [5, 5.41) is 11.3. The average molecular weight is 522 g/mol. The first-order chi connectivity index (χ1) is 17.7. The Labute approximate surface area is 214 Å². The number of amides is 3. The Morgan fingerprint density at radius 1 is 1.27 bits per heavy atom. The topological polar surface area (TPSA) is 110 Å². The number of rotatable bonds is 6. The van der Waals surface area contributed by atoms with E-state index < -0.39 is 18.0 Å². The monoisotopic (exact) mass is 521 g/mol. The lowest BCUT2D eigenvalue weighted by Gasteiger charge is -2.46. The second-order valence-electron chi connectivity index (χ2n) is 9.91. The van der Waals surface area contributed by atoms with Gasteiger partial charge in [0.25, 0.3) is 0 Å². The van der Waals surface area contributed by atoms with Crippen molar-refractivity contribution in [2.24, 2.45) is 27.7 Å². The lowest BCUT2D eigenvalue weighted by molar-refractivity contribution is -0.164. The Morgan fingerprint density at radius 3 is 2.65 bits per heavy atom. The summed E-state index contributed by atoms with van der Waals surface area (Å²) >= 11 is 0. The first kappa shape index (κ1) is 26.9. The number of alkyl halides is 3. The molecule has 4 N–H and O–H groups in total. The number of allylic oxidation sites excluding steroid dienone is 2. The van der Waals surface area contributed by atoms with Crippen molar-refractivity contribution in [2.45, 2.75) is 57.3 Å². The molecule has 202 valence electrons. The van der Waals surface area contributed by atoms with E-state index in [-0.39, 0.29) is 36.8 Å². The number of nitrogens with one attached hydrogen (secondary N) is 4. The molecule has 4 rings (SSSR count). The van der Waals surface area contributed by atoms with Gasteiger partial charge in [0.2, 0.25) is 5.91 Å². The summed E-state index contributed by atoms with van der Waals surface area (Å²) in [6, 6.07) is 0.287. The molecule has 2 heterocycles. The van der Waals surface area contributed by atoms with Crippen molar-refractivity contribution in [2.75, 3.05) is 26.7 Å². The van der Waals surface area contributed by atoms with Crippen LogP contribution in [0.4, 0.5) is 18.0 Å². The summed E-state index contributed by atoms with van der Waals surface area (Å²) in [7, 11) is 1.60. The van der Waals surface area contributed by atoms with Gasteiger partial charge in [0.15, 0.2) is 0 Å². The molecule has 0 radical (unpaired) electrons. The van der Waals surface area contributed by atoms with E-state index in [1.165, 1.54) is 6.34 Å². The third kappa shape index (κ3) is 6.61. The number of fused-ring (bicyclic) bond motifs is 1. The minimum atomic E-state index is -4.35. The summed E-state index contributed by atoms with van der Waals surface area (Å²) in [6.45, 7) is 3.28. The number of likely N-dealkylation sites (tertiary alicyclic amines) is 1. The molecule has 1 saturated heterocycles. The van der Waals surface area contributed by atoms with Crippen LogP contribution >= 0.6 is 0 Å². The van der Waals surface area contributed by atoms with Gasteiger partial charge >= 0.3 is 12.2 Å². The molecule has 3 amide bonds. The van der Waals surface area contributed by atoms with Crippen molar-refractivity contribution in [1.82, 2.24) is 26.2 Å². The SMILES string of the molecule is C/C=C(\NC(=O)NC)C1CCC(N2CC(NC(=O)CN=C3N=CNC4=C=CC(C(F)(F)F)CC43)C2)CC1. The first-order valence-corrected chi connectivity index (χ1v) is 12.7. The molecule has 2 fully saturated rings. The Hall–Kier alpha value is -3.11. The predicted molar refractivity (Wildman–Crippen MR) is 134 cm³/mol. The van der Waals surface area contributed by atoms with E-state index in [0.717, 1.165) is 50.5 Å². The normalized spacial score (nSPS) is 29.6. The van der Waals surface area contributed by atoms with Crippen molar-refractivity contribution < 1.29 is 22.8 Å². The zero-order valence-corrected chi connectivity index (χ0v) is 21.1. The number of carbonyl (C=O) groups excluding carboxylic acids is 2. The number of hydrogen-bond acceptors (Lipinski definition) is 5. The molecule has 4 aliphatic rings. The molecular formula is C25H34F3N7O2. The smallest absolute Gasteiger partial charge is 0.349 e. The second-order valence-corrected chi connectivity index (χ2v) is 9.91. The highest BCUT2D eigenvalue weighted by Gasteiger charge is 2.43. The van der Waals surface area contributed by atoms with Gasteiger partial charge in [-0.25, -0.2) is 9.79 Å². The fraction of sp³-hybridized carbons (Fsp3) is 0.640. The molecule has 0 aromatic carbocycles. The molecule has 0 bridgehead atoms. The third-order valence-corrected chi connectivity index (χ3v) is 7.54. The van der Waals surface area contributed by atoms with Gasteiger partial charge in [0.1, 0.15) is 12.4 Å². The summed E-state index contributed by atoms with van der Waals surface area (Å²) in [4.78, 5) is 34.8. The second kappa shape index (κ2) is 11.5. The van der Waals surface area contributed by atoms with Gasteiger partial charge in [-0.2, -0.15) is 13.2 Å². The highest BCUT2D eigenvalue weighted by Crippen LogP contribution is 2.37. The lowest BCUT2D eigenvalue weighted by atomic mass is 9.82. The van der Waals surface area contributed by atoms with Crippen LogP contribution in [0.25, 0.3) is 0 Å². The first-order valence-electron chi connectivity index (χ1n) is 12.7. The van der Waals surface area contributed by atoms with Gasteiger partial charge < -0.3 is 21.3 Å². The number of hydrogen-bond donors (Lipinski definition) is 4. The van der Waals surface area contributed by atoms with Crippen LogP contribution in [-0.4, -0.2) is 74.0 Å². The number of aliphatic imine (C=N–C) groups is 2. The third-order valence-electron chi connectivity index (χ3n) is 7.54. The maximum absolute atomic E-state index is 13.2. The van der Waals surface area contributed by atoms with Gasteiger partial charge in [-0.15, -0.1) is 5.73 Å². The average Bonchev–Trinajstić information content (AvgIpc) is 2.87.